The topological polar surface area (TPSA) is 69.6 Å². The van der Waals surface area contributed by atoms with Gasteiger partial charge in [-0.2, -0.15) is 0 Å². The van der Waals surface area contributed by atoms with E-state index in [4.69, 9.17) is 16.6 Å². The minimum Gasteiger partial charge on any atom is -0.353 e. The molecule has 7 nitrogen and oxygen atoms in total. The van der Waals surface area contributed by atoms with Gasteiger partial charge in [-0.15, -0.1) is 0 Å². The summed E-state index contributed by atoms with van der Waals surface area (Å²) >= 11 is 7.67. The predicted molar refractivity (Wildman–Crippen MR) is 139 cm³/mol. The van der Waals surface area contributed by atoms with Crippen LogP contribution in [0.15, 0.2) is 35.5 Å². The number of fused-ring (bicyclic) bond motifs is 1. The Bertz CT molecular complexity index is 1090. The average molecular weight is 514 g/mol. The average Bonchev–Trinajstić information content (AvgIpc) is 3.41. The Morgan fingerprint density at radius 2 is 1.86 bits per heavy atom. The van der Waals surface area contributed by atoms with Crippen LogP contribution >= 0.6 is 23.4 Å². The van der Waals surface area contributed by atoms with Gasteiger partial charge in [0.15, 0.2) is 5.16 Å². The van der Waals surface area contributed by atoms with Crippen molar-refractivity contribution in [1.29, 1.82) is 0 Å². The van der Waals surface area contributed by atoms with Gasteiger partial charge in [0.2, 0.25) is 11.8 Å². The highest BCUT2D eigenvalue weighted by Gasteiger charge is 2.33. The Hall–Kier alpha value is -2.32. The molecular formula is C26H32ClN5O2S. The van der Waals surface area contributed by atoms with Gasteiger partial charge in [-0.3, -0.25) is 9.59 Å². The Morgan fingerprint density at radius 1 is 1.09 bits per heavy atom. The normalized spacial score (nSPS) is 20.7. The van der Waals surface area contributed by atoms with Crippen LogP contribution in [0.3, 0.4) is 0 Å². The highest BCUT2D eigenvalue weighted by Crippen LogP contribution is 2.29. The van der Waals surface area contributed by atoms with E-state index in [0.29, 0.717) is 42.4 Å². The first-order valence-corrected chi connectivity index (χ1v) is 13.9. The van der Waals surface area contributed by atoms with Gasteiger partial charge in [-0.25, -0.2) is 9.97 Å². The number of carbonyl (C=O) groups excluding carboxylic acids is 2. The number of anilines is 1. The van der Waals surface area contributed by atoms with Crippen LogP contribution in [0.25, 0.3) is 0 Å². The third kappa shape index (κ3) is 5.59. The molecule has 1 aromatic heterocycles. The van der Waals surface area contributed by atoms with Crippen molar-refractivity contribution in [3.63, 3.8) is 0 Å². The van der Waals surface area contributed by atoms with Gasteiger partial charge in [-0.05, 0) is 37.3 Å². The van der Waals surface area contributed by atoms with Gasteiger partial charge in [0.05, 0.1) is 5.75 Å². The maximum absolute atomic E-state index is 12.9. The second-order valence-corrected chi connectivity index (χ2v) is 11.1. The first-order chi connectivity index (χ1) is 17.0. The Labute approximate surface area is 216 Å². The lowest BCUT2D eigenvalue weighted by atomic mass is 10.00. The highest BCUT2D eigenvalue weighted by molar-refractivity contribution is 7.99. The third-order valence-electron chi connectivity index (χ3n) is 7.41. The smallest absolute Gasteiger partial charge is 0.233 e. The molecule has 0 bridgehead atoms. The third-order valence-corrected chi connectivity index (χ3v) is 8.43. The zero-order valence-corrected chi connectivity index (χ0v) is 21.7. The molecule has 2 fully saturated rings. The SMILES string of the molecule is CC1CN(c2cc(Cl)nc(SCC(=O)N3CCc4ccccc4C3)n2)CCN1C(=O)C1CCCC1. The Balaban J connectivity index is 1.18. The number of halogens is 1. The highest BCUT2D eigenvalue weighted by atomic mass is 35.5. The summed E-state index contributed by atoms with van der Waals surface area (Å²) in [5.74, 6) is 1.63. The van der Waals surface area contributed by atoms with Gasteiger partial charge in [0.25, 0.3) is 0 Å². The van der Waals surface area contributed by atoms with E-state index in [9.17, 15) is 9.59 Å². The molecular weight excluding hydrogens is 482 g/mol. The molecule has 1 saturated heterocycles. The molecule has 0 spiro atoms. The van der Waals surface area contributed by atoms with Crippen LogP contribution in [-0.2, 0) is 22.6 Å². The molecule has 9 heteroatoms. The van der Waals surface area contributed by atoms with Crippen LogP contribution in [0, 0.1) is 5.92 Å². The molecule has 5 rings (SSSR count). The summed E-state index contributed by atoms with van der Waals surface area (Å²) in [4.78, 5) is 41.0. The number of benzene rings is 1. The van der Waals surface area contributed by atoms with Crippen LogP contribution in [0.4, 0.5) is 5.82 Å². The number of thioether (sulfide) groups is 1. The summed E-state index contributed by atoms with van der Waals surface area (Å²) in [6, 6.07) is 10.2. The van der Waals surface area contributed by atoms with Gasteiger partial charge in [0, 0.05) is 50.7 Å². The molecule has 2 aromatic rings. The molecule has 2 amide bonds. The molecule has 186 valence electrons. The second kappa shape index (κ2) is 10.7. The summed E-state index contributed by atoms with van der Waals surface area (Å²) in [7, 11) is 0. The van der Waals surface area contributed by atoms with Crippen molar-refractivity contribution in [3.8, 4) is 0 Å². The maximum Gasteiger partial charge on any atom is 0.233 e. The molecule has 1 aromatic carbocycles. The van der Waals surface area contributed by atoms with Crippen LogP contribution in [0.5, 0.6) is 0 Å². The van der Waals surface area contributed by atoms with Crippen molar-refractivity contribution < 1.29 is 9.59 Å². The van der Waals surface area contributed by atoms with E-state index >= 15 is 0 Å². The zero-order chi connectivity index (χ0) is 24.4. The molecule has 3 heterocycles. The monoisotopic (exact) mass is 513 g/mol. The lowest BCUT2D eigenvalue weighted by Gasteiger charge is -2.41. The van der Waals surface area contributed by atoms with E-state index in [2.05, 4.69) is 28.9 Å². The van der Waals surface area contributed by atoms with Crippen molar-refractivity contribution in [1.82, 2.24) is 19.8 Å². The molecule has 1 unspecified atom stereocenters. The van der Waals surface area contributed by atoms with Gasteiger partial charge >= 0.3 is 0 Å². The van der Waals surface area contributed by atoms with E-state index < -0.39 is 0 Å². The molecule has 1 atom stereocenters. The van der Waals surface area contributed by atoms with Crippen LogP contribution < -0.4 is 4.90 Å². The lowest BCUT2D eigenvalue weighted by molar-refractivity contribution is -0.137. The largest absolute Gasteiger partial charge is 0.353 e. The number of hydrogen-bond donors (Lipinski definition) is 0. The van der Waals surface area contributed by atoms with Gasteiger partial charge < -0.3 is 14.7 Å². The summed E-state index contributed by atoms with van der Waals surface area (Å²) in [6.07, 6.45) is 5.27. The molecule has 2 aliphatic heterocycles. The van der Waals surface area contributed by atoms with E-state index in [1.54, 1.807) is 6.07 Å². The minimum atomic E-state index is 0.0855. The van der Waals surface area contributed by atoms with Crippen molar-refractivity contribution in [2.45, 2.75) is 56.8 Å². The zero-order valence-electron chi connectivity index (χ0n) is 20.2. The number of aromatic nitrogens is 2. The van der Waals surface area contributed by atoms with Gasteiger partial charge in [-0.1, -0.05) is 60.5 Å². The number of carbonyl (C=O) groups is 2. The number of rotatable bonds is 5. The number of nitrogens with zero attached hydrogens (tertiary/aromatic N) is 5. The van der Waals surface area contributed by atoms with Gasteiger partial charge in [0.1, 0.15) is 11.0 Å². The van der Waals surface area contributed by atoms with Crippen molar-refractivity contribution in [2.75, 3.05) is 36.8 Å². The van der Waals surface area contributed by atoms with E-state index in [1.807, 2.05) is 21.9 Å². The summed E-state index contributed by atoms with van der Waals surface area (Å²) in [6.45, 7) is 5.61. The fourth-order valence-electron chi connectivity index (χ4n) is 5.44. The molecule has 3 aliphatic rings. The minimum absolute atomic E-state index is 0.0855. The number of piperazine rings is 1. The van der Waals surface area contributed by atoms with Crippen molar-refractivity contribution in [2.24, 2.45) is 5.92 Å². The quantitative estimate of drug-likeness (QED) is 0.341. The molecule has 35 heavy (non-hydrogen) atoms. The standard InChI is InChI=1S/C26H32ClN5O2S/c1-18-15-30(12-13-32(18)25(34)20-7-3-4-8-20)23-14-22(27)28-26(29-23)35-17-24(33)31-11-10-19-6-2-5-9-21(19)16-31/h2,5-6,9,14,18,20H,3-4,7-8,10-13,15-17H2,1H3. The van der Waals surface area contributed by atoms with E-state index in [-0.39, 0.29) is 23.6 Å². The Kier molecular flexibility index (Phi) is 7.48. The predicted octanol–water partition coefficient (Wildman–Crippen LogP) is 4.03. The van der Waals surface area contributed by atoms with E-state index in [1.165, 1.54) is 22.9 Å². The lowest BCUT2D eigenvalue weighted by Crippen LogP contribution is -2.55. The fraction of sp³-hybridized carbons (Fsp3) is 0.538. The maximum atomic E-state index is 12.9. The summed E-state index contributed by atoms with van der Waals surface area (Å²) in [5.41, 5.74) is 2.55. The van der Waals surface area contributed by atoms with Crippen LogP contribution in [-0.4, -0.2) is 69.6 Å². The second-order valence-electron chi connectivity index (χ2n) is 9.76. The van der Waals surface area contributed by atoms with Crippen LogP contribution in [0.1, 0.15) is 43.7 Å². The number of hydrogen-bond acceptors (Lipinski definition) is 6. The van der Waals surface area contributed by atoms with Crippen LogP contribution in [0.2, 0.25) is 5.15 Å². The molecule has 0 N–H and O–H groups in total. The molecule has 1 aliphatic carbocycles. The molecule has 0 radical (unpaired) electrons. The summed E-state index contributed by atoms with van der Waals surface area (Å²) in [5, 5.41) is 0.879. The molecule has 1 saturated carbocycles. The summed E-state index contributed by atoms with van der Waals surface area (Å²) < 4.78 is 0. The first kappa shape index (κ1) is 24.4. The van der Waals surface area contributed by atoms with Crippen molar-refractivity contribution >= 4 is 41.0 Å². The van der Waals surface area contributed by atoms with E-state index in [0.717, 1.165) is 44.5 Å². The fourth-order valence-corrected chi connectivity index (χ4v) is 6.42. The van der Waals surface area contributed by atoms with Crippen molar-refractivity contribution in [3.05, 3.63) is 46.6 Å². The number of amides is 2. The Morgan fingerprint density at radius 3 is 2.63 bits per heavy atom. The first-order valence-electron chi connectivity index (χ1n) is 12.6.